The fourth-order valence-electron chi connectivity index (χ4n) is 3.73. The predicted molar refractivity (Wildman–Crippen MR) is 87.2 cm³/mol. The molecule has 0 saturated carbocycles. The molecule has 0 amide bonds. The van der Waals surface area contributed by atoms with Crippen molar-refractivity contribution in [1.29, 1.82) is 0 Å². The number of hydrogen-bond donors (Lipinski definition) is 1. The molecule has 0 spiro atoms. The molecule has 2 fully saturated rings. The maximum absolute atomic E-state index is 12.6. The van der Waals surface area contributed by atoms with Gasteiger partial charge in [0.2, 0.25) is 6.79 Å². The smallest absolute Gasteiger partial charge is 0.282 e. The van der Waals surface area contributed by atoms with Crippen LogP contribution in [0.3, 0.4) is 0 Å². The van der Waals surface area contributed by atoms with Crippen LogP contribution in [0.1, 0.15) is 30.7 Å². The summed E-state index contributed by atoms with van der Waals surface area (Å²) in [5.74, 6) is 1.30. The molecule has 0 radical (unpaired) electrons. The second-order valence-electron chi connectivity index (χ2n) is 6.55. The van der Waals surface area contributed by atoms with E-state index >= 15 is 0 Å². The molecule has 0 unspecified atom stereocenters. The first-order valence-electron chi connectivity index (χ1n) is 8.38. The van der Waals surface area contributed by atoms with Gasteiger partial charge in [-0.15, -0.1) is 0 Å². The second-order valence-corrected chi connectivity index (χ2v) is 8.48. The van der Waals surface area contributed by atoms with Crippen LogP contribution >= 0.6 is 0 Å². The molecule has 1 aromatic carbocycles. The third-order valence-corrected chi connectivity index (χ3v) is 7.09. The normalized spacial score (nSPS) is 28.4. The topological polar surface area (TPSA) is 79.3 Å². The van der Waals surface area contributed by atoms with E-state index in [-0.39, 0.29) is 19.3 Å². The maximum atomic E-state index is 12.6. The molecule has 24 heavy (non-hydrogen) atoms. The monoisotopic (exact) mass is 354 g/mol. The van der Waals surface area contributed by atoms with Crippen LogP contribution in [-0.2, 0) is 10.2 Å². The van der Waals surface area contributed by atoms with Gasteiger partial charge in [0.15, 0.2) is 11.5 Å². The molecule has 132 valence electrons. The lowest BCUT2D eigenvalue weighted by Crippen LogP contribution is -2.50. The molecule has 1 aromatic rings. The number of aliphatic hydroxyl groups excluding tert-OH is 1. The van der Waals surface area contributed by atoms with E-state index in [9.17, 15) is 13.5 Å². The highest BCUT2D eigenvalue weighted by Gasteiger charge is 2.38. The van der Waals surface area contributed by atoms with Gasteiger partial charge in [-0.05, 0) is 37.0 Å². The van der Waals surface area contributed by atoms with E-state index in [0.29, 0.717) is 37.6 Å². The van der Waals surface area contributed by atoms with Gasteiger partial charge in [0.25, 0.3) is 10.2 Å². The van der Waals surface area contributed by atoms with Crippen molar-refractivity contribution in [2.75, 3.05) is 33.0 Å². The van der Waals surface area contributed by atoms with Crippen molar-refractivity contribution in [2.24, 2.45) is 0 Å². The maximum Gasteiger partial charge on any atom is 0.282 e. The van der Waals surface area contributed by atoms with Gasteiger partial charge in [0.05, 0.1) is 6.10 Å². The lowest BCUT2D eigenvalue weighted by atomic mass is 9.88. The number of ether oxygens (including phenoxy) is 2. The highest BCUT2D eigenvalue weighted by molar-refractivity contribution is 7.86. The first-order chi connectivity index (χ1) is 11.6. The largest absolute Gasteiger partial charge is 0.454 e. The van der Waals surface area contributed by atoms with Gasteiger partial charge in [-0.25, -0.2) is 0 Å². The lowest BCUT2D eigenvalue weighted by molar-refractivity contribution is 0.0829. The molecular formula is C16H22N2O5S. The van der Waals surface area contributed by atoms with Crippen LogP contribution in [0.2, 0.25) is 0 Å². The summed E-state index contributed by atoms with van der Waals surface area (Å²) in [5.41, 5.74) is 0.963. The van der Waals surface area contributed by atoms with Crippen LogP contribution in [-0.4, -0.2) is 61.2 Å². The van der Waals surface area contributed by atoms with Gasteiger partial charge >= 0.3 is 0 Å². The predicted octanol–water partition coefficient (Wildman–Crippen LogP) is 0.906. The molecule has 8 heteroatoms. The Balaban J connectivity index is 1.48. The number of fused-ring (bicyclic) bond motifs is 1. The molecule has 4 rings (SSSR count). The van der Waals surface area contributed by atoms with Crippen LogP contribution in [0, 0.1) is 0 Å². The molecule has 1 N–H and O–H groups in total. The van der Waals surface area contributed by atoms with Gasteiger partial charge in [-0.1, -0.05) is 6.07 Å². The van der Waals surface area contributed by atoms with Crippen molar-refractivity contribution in [3.8, 4) is 11.5 Å². The molecule has 2 atom stereocenters. The van der Waals surface area contributed by atoms with Crippen molar-refractivity contribution in [1.82, 2.24) is 8.61 Å². The van der Waals surface area contributed by atoms with Gasteiger partial charge in [-0.2, -0.15) is 17.0 Å². The van der Waals surface area contributed by atoms with E-state index in [2.05, 4.69) is 0 Å². The summed E-state index contributed by atoms with van der Waals surface area (Å²) in [7, 11) is -3.45. The lowest BCUT2D eigenvalue weighted by Gasteiger charge is -2.37. The third-order valence-electron chi connectivity index (χ3n) is 5.09. The number of benzene rings is 1. The van der Waals surface area contributed by atoms with Gasteiger partial charge in [0, 0.05) is 32.1 Å². The van der Waals surface area contributed by atoms with Gasteiger partial charge < -0.3 is 14.6 Å². The Kier molecular flexibility index (Phi) is 4.16. The Bertz CT molecular complexity index is 717. The summed E-state index contributed by atoms with van der Waals surface area (Å²) in [6.07, 6.45) is 1.69. The Morgan fingerprint density at radius 1 is 1.04 bits per heavy atom. The SMILES string of the molecule is O=S(=O)(N1CCCC1)N1CC[C@@H](c2ccc3c(c2)OCO3)[C@H](O)C1. The number of piperidine rings is 1. The molecule has 0 aromatic heterocycles. The van der Waals surface area contributed by atoms with Crippen LogP contribution in [0.25, 0.3) is 0 Å². The van der Waals surface area contributed by atoms with Gasteiger partial charge in [-0.3, -0.25) is 0 Å². The summed E-state index contributed by atoms with van der Waals surface area (Å²) in [6, 6.07) is 5.66. The minimum atomic E-state index is -3.45. The van der Waals surface area contributed by atoms with Crippen LogP contribution in [0.5, 0.6) is 11.5 Å². The Morgan fingerprint density at radius 3 is 2.54 bits per heavy atom. The number of nitrogens with zero attached hydrogens (tertiary/aromatic N) is 2. The average molecular weight is 354 g/mol. The van der Waals surface area contributed by atoms with E-state index in [1.165, 1.54) is 8.61 Å². The Hall–Kier alpha value is -1.35. The van der Waals surface area contributed by atoms with Crippen molar-refractivity contribution in [3.63, 3.8) is 0 Å². The summed E-state index contributed by atoms with van der Waals surface area (Å²) < 4.78 is 38.9. The molecule has 3 heterocycles. The molecule has 3 aliphatic rings. The minimum Gasteiger partial charge on any atom is -0.454 e. The Morgan fingerprint density at radius 2 is 1.79 bits per heavy atom. The van der Waals surface area contributed by atoms with Gasteiger partial charge in [0.1, 0.15) is 0 Å². The van der Waals surface area contributed by atoms with Crippen LogP contribution < -0.4 is 9.47 Å². The Labute approximate surface area is 142 Å². The van der Waals surface area contributed by atoms with E-state index in [1.807, 2.05) is 18.2 Å². The highest BCUT2D eigenvalue weighted by atomic mass is 32.2. The fraction of sp³-hybridized carbons (Fsp3) is 0.625. The molecule has 0 bridgehead atoms. The number of β-amino-alcohol motifs (C(OH)–C–C–N with tert-alkyl or cyclic N) is 1. The summed E-state index contributed by atoms with van der Waals surface area (Å²) in [5, 5.41) is 10.6. The zero-order valence-electron chi connectivity index (χ0n) is 13.4. The summed E-state index contributed by atoms with van der Waals surface area (Å²) >= 11 is 0. The highest BCUT2D eigenvalue weighted by Crippen LogP contribution is 2.38. The third kappa shape index (κ3) is 2.77. The number of rotatable bonds is 3. The second kappa shape index (κ2) is 6.18. The molecule has 2 saturated heterocycles. The quantitative estimate of drug-likeness (QED) is 0.873. The first-order valence-corrected chi connectivity index (χ1v) is 9.78. The zero-order valence-corrected chi connectivity index (χ0v) is 14.2. The number of hydrogen-bond acceptors (Lipinski definition) is 5. The van der Waals surface area contributed by atoms with E-state index in [0.717, 1.165) is 18.4 Å². The van der Waals surface area contributed by atoms with Crippen LogP contribution in [0.4, 0.5) is 0 Å². The van der Waals surface area contributed by atoms with Crippen molar-refractivity contribution >= 4 is 10.2 Å². The average Bonchev–Trinajstić information content (AvgIpc) is 3.25. The molecule has 0 aliphatic carbocycles. The molecule has 3 aliphatic heterocycles. The van der Waals surface area contributed by atoms with E-state index in [4.69, 9.17) is 9.47 Å². The first kappa shape index (κ1) is 16.1. The summed E-state index contributed by atoms with van der Waals surface area (Å²) in [4.78, 5) is 0. The van der Waals surface area contributed by atoms with Crippen molar-refractivity contribution in [3.05, 3.63) is 23.8 Å². The zero-order chi connectivity index (χ0) is 16.7. The van der Waals surface area contributed by atoms with E-state index < -0.39 is 16.3 Å². The molecule has 7 nitrogen and oxygen atoms in total. The summed E-state index contributed by atoms with van der Waals surface area (Å²) in [6.45, 7) is 1.95. The number of aliphatic hydroxyl groups is 1. The van der Waals surface area contributed by atoms with Crippen LogP contribution in [0.15, 0.2) is 18.2 Å². The minimum absolute atomic E-state index is 0.0930. The van der Waals surface area contributed by atoms with Crippen molar-refractivity contribution in [2.45, 2.75) is 31.3 Å². The van der Waals surface area contributed by atoms with E-state index in [1.54, 1.807) is 0 Å². The standard InChI is InChI=1S/C16H22N2O5S/c19-14-10-18(24(20,21)17-6-1-2-7-17)8-5-13(14)12-3-4-15-16(9-12)23-11-22-15/h3-4,9,13-14,19H,1-2,5-8,10-11H2/t13-,14+/m0/s1. The molecular weight excluding hydrogens is 332 g/mol. The fourth-order valence-corrected chi connectivity index (χ4v) is 5.45. The van der Waals surface area contributed by atoms with Crippen molar-refractivity contribution < 1.29 is 23.0 Å².